The molecule has 0 atom stereocenters. The number of alkyl halides is 3. The maximum absolute atomic E-state index is 12.4. The lowest BCUT2D eigenvalue weighted by Gasteiger charge is -2.21. The average Bonchev–Trinajstić information content (AvgIpc) is 2.34. The summed E-state index contributed by atoms with van der Waals surface area (Å²) in [4.78, 5) is 9.12. The molecule has 1 aromatic carbocycles. The van der Waals surface area contributed by atoms with Gasteiger partial charge in [0.1, 0.15) is 6.54 Å². The van der Waals surface area contributed by atoms with Crippen molar-refractivity contribution in [2.45, 2.75) is 18.0 Å². The second kappa shape index (κ2) is 6.28. The minimum Gasteiger partial charge on any atom is -0.258 e. The van der Waals surface area contributed by atoms with Gasteiger partial charge in [0.05, 0.1) is 4.92 Å². The normalized spacial score (nSPS) is 12.7. The molecule has 0 aliphatic rings. The van der Waals surface area contributed by atoms with E-state index < -0.39 is 44.8 Å². The van der Waals surface area contributed by atoms with Crippen molar-refractivity contribution in [2.24, 2.45) is 0 Å². The van der Waals surface area contributed by atoms with Crippen molar-refractivity contribution < 1.29 is 26.5 Å². The minimum atomic E-state index is -4.75. The first-order chi connectivity index (χ1) is 9.49. The van der Waals surface area contributed by atoms with Gasteiger partial charge in [-0.25, -0.2) is 8.42 Å². The van der Waals surface area contributed by atoms with Crippen LogP contribution in [-0.4, -0.2) is 36.9 Å². The molecule has 1 rings (SSSR count). The fraction of sp³-hybridized carbons (Fsp3) is 0.400. The third kappa shape index (κ3) is 4.38. The van der Waals surface area contributed by atoms with Gasteiger partial charge in [-0.05, 0) is 12.1 Å². The van der Waals surface area contributed by atoms with Gasteiger partial charge in [0.2, 0.25) is 10.0 Å². The van der Waals surface area contributed by atoms with Gasteiger partial charge in [-0.1, -0.05) is 22.9 Å². The van der Waals surface area contributed by atoms with Gasteiger partial charge in [-0.15, -0.1) is 0 Å². The highest BCUT2D eigenvalue weighted by Crippen LogP contribution is 2.31. The molecular formula is C10H10BrF3N2O4S. The molecular weight excluding hydrogens is 381 g/mol. The number of halogens is 4. The number of nitro groups is 1. The van der Waals surface area contributed by atoms with E-state index in [1.54, 1.807) is 0 Å². The van der Waals surface area contributed by atoms with Crippen molar-refractivity contribution in [1.29, 1.82) is 0 Å². The second-order valence-corrected chi connectivity index (χ2v) is 6.74. The Morgan fingerprint density at radius 3 is 2.38 bits per heavy atom. The fourth-order valence-electron chi connectivity index (χ4n) is 1.55. The molecule has 1 aromatic rings. The van der Waals surface area contributed by atoms with E-state index in [0.29, 0.717) is 0 Å². The molecule has 0 saturated heterocycles. The summed E-state index contributed by atoms with van der Waals surface area (Å²) < 4.78 is 62.1. The van der Waals surface area contributed by atoms with E-state index in [4.69, 9.17) is 0 Å². The molecule has 0 heterocycles. The van der Waals surface area contributed by atoms with Crippen LogP contribution in [-0.2, 0) is 10.0 Å². The van der Waals surface area contributed by atoms with Crippen LogP contribution in [0.2, 0.25) is 0 Å². The summed E-state index contributed by atoms with van der Waals surface area (Å²) in [6, 6.07) is 3.06. The van der Waals surface area contributed by atoms with E-state index in [1.807, 2.05) is 0 Å². The molecule has 0 aliphatic heterocycles. The van der Waals surface area contributed by atoms with Crippen LogP contribution in [0.4, 0.5) is 18.9 Å². The number of nitro benzene ring substituents is 1. The van der Waals surface area contributed by atoms with E-state index in [-0.39, 0.29) is 8.78 Å². The number of nitrogens with zero attached hydrogens (tertiary/aromatic N) is 2. The molecule has 0 aliphatic carbocycles. The summed E-state index contributed by atoms with van der Waals surface area (Å²) >= 11 is 2.94. The van der Waals surface area contributed by atoms with Gasteiger partial charge in [0.25, 0.3) is 5.69 Å². The summed E-state index contributed by atoms with van der Waals surface area (Å²) in [7, 11) is -4.64. The van der Waals surface area contributed by atoms with E-state index in [9.17, 15) is 31.7 Å². The Bertz CT molecular complexity index is 648. The molecule has 0 fully saturated rings. The van der Waals surface area contributed by atoms with Crippen LogP contribution in [0.15, 0.2) is 27.6 Å². The van der Waals surface area contributed by atoms with Crippen LogP contribution in [0, 0.1) is 10.1 Å². The predicted octanol–water partition coefficient (Wildman–Crippen LogP) is 2.93. The highest BCUT2D eigenvalue weighted by molar-refractivity contribution is 9.10. The van der Waals surface area contributed by atoms with Gasteiger partial charge < -0.3 is 0 Å². The molecule has 0 amide bonds. The van der Waals surface area contributed by atoms with Crippen molar-refractivity contribution in [3.63, 3.8) is 0 Å². The van der Waals surface area contributed by atoms with Crippen molar-refractivity contribution in [2.75, 3.05) is 13.1 Å². The lowest BCUT2D eigenvalue weighted by molar-refractivity contribution is -0.387. The Labute approximate surface area is 126 Å². The zero-order chi connectivity index (χ0) is 16.4. The third-order valence-corrected chi connectivity index (χ3v) is 4.89. The summed E-state index contributed by atoms with van der Waals surface area (Å²) in [5.74, 6) is 0. The van der Waals surface area contributed by atoms with Crippen LogP contribution in [0.25, 0.3) is 0 Å². The van der Waals surface area contributed by atoms with Crippen LogP contribution < -0.4 is 0 Å². The highest BCUT2D eigenvalue weighted by atomic mass is 79.9. The zero-order valence-electron chi connectivity index (χ0n) is 10.6. The van der Waals surface area contributed by atoms with Gasteiger partial charge in [-0.2, -0.15) is 17.5 Å². The first-order valence-electron chi connectivity index (χ1n) is 5.50. The first-order valence-corrected chi connectivity index (χ1v) is 7.73. The van der Waals surface area contributed by atoms with Gasteiger partial charge >= 0.3 is 6.18 Å². The van der Waals surface area contributed by atoms with Crippen LogP contribution in [0.3, 0.4) is 0 Å². The molecule has 11 heteroatoms. The second-order valence-electron chi connectivity index (χ2n) is 3.92. The molecule has 0 N–H and O–H groups in total. The Morgan fingerprint density at radius 2 is 1.95 bits per heavy atom. The molecule has 6 nitrogen and oxygen atoms in total. The van der Waals surface area contributed by atoms with E-state index >= 15 is 0 Å². The Balaban J connectivity index is 3.42. The number of rotatable bonds is 5. The van der Waals surface area contributed by atoms with Crippen molar-refractivity contribution in [1.82, 2.24) is 4.31 Å². The lowest BCUT2D eigenvalue weighted by Crippen LogP contribution is -2.39. The lowest BCUT2D eigenvalue weighted by atomic mass is 10.3. The van der Waals surface area contributed by atoms with Gasteiger partial charge in [0.15, 0.2) is 4.90 Å². The Morgan fingerprint density at radius 1 is 1.38 bits per heavy atom. The van der Waals surface area contributed by atoms with E-state index in [1.165, 1.54) is 13.0 Å². The summed E-state index contributed by atoms with van der Waals surface area (Å²) in [6.07, 6.45) is -4.75. The standard InChI is InChI=1S/C10H10BrF3N2O4S/c1-2-15(6-10(12,13)14)21(19,20)9-5-7(11)3-4-8(9)16(17)18/h3-5H,2,6H2,1H3. The van der Waals surface area contributed by atoms with Crippen molar-refractivity contribution in [3.8, 4) is 0 Å². The summed E-state index contributed by atoms with van der Waals surface area (Å²) in [5.41, 5.74) is -0.779. The Hall–Kier alpha value is -1.20. The van der Waals surface area contributed by atoms with E-state index in [2.05, 4.69) is 15.9 Å². The maximum atomic E-state index is 12.4. The average molecular weight is 391 g/mol. The molecule has 0 radical (unpaired) electrons. The van der Waals surface area contributed by atoms with Gasteiger partial charge in [-0.3, -0.25) is 10.1 Å². The fourth-order valence-corrected chi connectivity index (χ4v) is 3.68. The maximum Gasteiger partial charge on any atom is 0.402 e. The smallest absolute Gasteiger partial charge is 0.258 e. The largest absolute Gasteiger partial charge is 0.402 e. The molecule has 0 spiro atoms. The molecule has 0 saturated carbocycles. The van der Waals surface area contributed by atoms with Crippen LogP contribution in [0.5, 0.6) is 0 Å². The zero-order valence-corrected chi connectivity index (χ0v) is 13.0. The number of benzene rings is 1. The predicted molar refractivity (Wildman–Crippen MR) is 71.3 cm³/mol. The summed E-state index contributed by atoms with van der Waals surface area (Å²) in [5, 5.41) is 10.9. The summed E-state index contributed by atoms with van der Waals surface area (Å²) in [6.45, 7) is -0.964. The number of sulfonamides is 1. The van der Waals surface area contributed by atoms with Crippen molar-refractivity contribution in [3.05, 3.63) is 32.8 Å². The highest BCUT2D eigenvalue weighted by Gasteiger charge is 2.38. The molecule has 118 valence electrons. The van der Waals surface area contributed by atoms with Gasteiger partial charge in [0, 0.05) is 17.1 Å². The molecule has 0 unspecified atom stereocenters. The molecule has 0 bridgehead atoms. The SMILES string of the molecule is CCN(CC(F)(F)F)S(=O)(=O)c1cc(Br)ccc1[N+](=O)[O-]. The number of hydrogen-bond acceptors (Lipinski definition) is 4. The molecule has 21 heavy (non-hydrogen) atoms. The van der Waals surface area contributed by atoms with E-state index in [0.717, 1.165) is 12.1 Å². The topological polar surface area (TPSA) is 80.5 Å². The quantitative estimate of drug-likeness (QED) is 0.571. The van der Waals surface area contributed by atoms with Crippen molar-refractivity contribution >= 4 is 31.6 Å². The molecule has 0 aromatic heterocycles. The van der Waals surface area contributed by atoms with Crippen LogP contribution in [0.1, 0.15) is 6.92 Å². The number of hydrogen-bond donors (Lipinski definition) is 0. The Kier molecular flexibility index (Phi) is 5.34. The monoisotopic (exact) mass is 390 g/mol. The third-order valence-electron chi connectivity index (χ3n) is 2.44. The minimum absolute atomic E-state index is 0.141. The first kappa shape index (κ1) is 17.9. The van der Waals surface area contributed by atoms with Crippen LogP contribution >= 0.6 is 15.9 Å².